The van der Waals surface area contributed by atoms with Gasteiger partial charge in [0.1, 0.15) is 12.6 Å². The maximum atomic E-state index is 12.9. The van der Waals surface area contributed by atoms with E-state index in [0.29, 0.717) is 39.0 Å². The fourth-order valence-corrected chi connectivity index (χ4v) is 5.18. The molecule has 1 aliphatic carbocycles. The number of fused-ring (bicyclic) bond motifs is 3. The molecule has 2 aromatic rings. The first-order valence-corrected chi connectivity index (χ1v) is 12.0. The third kappa shape index (κ3) is 5.03. The van der Waals surface area contributed by atoms with Crippen LogP contribution in [0.25, 0.3) is 11.1 Å². The minimum Gasteiger partial charge on any atom is -0.481 e. The molecule has 1 unspecified atom stereocenters. The van der Waals surface area contributed by atoms with E-state index in [2.05, 4.69) is 17.4 Å². The standard InChI is InChI=1S/C27H32N2O6/c1-18(24(30)29-14-11-27(12-15-29,25(31)32)13-16-34-2)28-26(33)35-17-23-21-9-5-3-7-19(21)20-8-4-6-10-22(20)23/h3-10,18,23H,11-17H2,1-2H3,(H,28,33)(H,31,32). The Morgan fingerprint density at radius 2 is 1.63 bits per heavy atom. The number of carbonyl (C=O) groups is 3. The van der Waals surface area contributed by atoms with Crippen molar-refractivity contribution in [2.24, 2.45) is 5.41 Å². The summed E-state index contributed by atoms with van der Waals surface area (Å²) in [6.45, 7) is 2.80. The van der Waals surface area contributed by atoms with E-state index in [1.165, 1.54) is 0 Å². The van der Waals surface area contributed by atoms with Crippen LogP contribution in [0.3, 0.4) is 0 Å². The van der Waals surface area contributed by atoms with Crippen LogP contribution in [0.1, 0.15) is 43.2 Å². The van der Waals surface area contributed by atoms with E-state index in [1.54, 1.807) is 18.9 Å². The monoisotopic (exact) mass is 480 g/mol. The number of nitrogens with one attached hydrogen (secondary N) is 1. The lowest BCUT2D eigenvalue weighted by Gasteiger charge is -2.39. The molecule has 1 saturated heterocycles. The SMILES string of the molecule is COCCC1(C(=O)O)CCN(C(=O)C(C)NC(=O)OCC2c3ccccc3-c3ccccc32)CC1. The lowest BCUT2D eigenvalue weighted by atomic mass is 9.76. The molecule has 0 aromatic heterocycles. The number of methoxy groups -OCH3 is 1. The number of carbonyl (C=O) groups excluding carboxylic acids is 2. The third-order valence-electron chi connectivity index (χ3n) is 7.32. The fraction of sp³-hybridized carbons (Fsp3) is 0.444. The van der Waals surface area contributed by atoms with Crippen molar-refractivity contribution in [2.45, 2.75) is 38.1 Å². The van der Waals surface area contributed by atoms with E-state index >= 15 is 0 Å². The maximum Gasteiger partial charge on any atom is 0.407 e. The van der Waals surface area contributed by atoms with Crippen molar-refractivity contribution in [2.75, 3.05) is 33.4 Å². The van der Waals surface area contributed by atoms with Gasteiger partial charge in [-0.1, -0.05) is 48.5 Å². The zero-order valence-electron chi connectivity index (χ0n) is 20.2. The minimum absolute atomic E-state index is 0.0579. The molecule has 1 heterocycles. The minimum atomic E-state index is -0.879. The fourth-order valence-electron chi connectivity index (χ4n) is 5.18. The molecule has 8 nitrogen and oxygen atoms in total. The Kier molecular flexibility index (Phi) is 7.40. The zero-order chi connectivity index (χ0) is 25.0. The molecule has 186 valence electrons. The van der Waals surface area contributed by atoms with Crippen LogP contribution < -0.4 is 5.32 Å². The topological polar surface area (TPSA) is 105 Å². The number of rotatable bonds is 8. The van der Waals surface area contributed by atoms with E-state index < -0.39 is 23.5 Å². The number of ether oxygens (including phenoxy) is 2. The summed E-state index contributed by atoms with van der Waals surface area (Å²) >= 11 is 0. The van der Waals surface area contributed by atoms with Crippen LogP contribution in [0.15, 0.2) is 48.5 Å². The van der Waals surface area contributed by atoms with E-state index in [9.17, 15) is 19.5 Å². The number of likely N-dealkylation sites (tertiary alicyclic amines) is 1. The predicted molar refractivity (Wildman–Crippen MR) is 130 cm³/mol. The third-order valence-corrected chi connectivity index (χ3v) is 7.32. The van der Waals surface area contributed by atoms with E-state index in [0.717, 1.165) is 22.3 Å². The van der Waals surface area contributed by atoms with Gasteiger partial charge in [0.25, 0.3) is 0 Å². The summed E-state index contributed by atoms with van der Waals surface area (Å²) in [5.41, 5.74) is 3.65. The first-order chi connectivity index (χ1) is 16.9. The van der Waals surface area contributed by atoms with Gasteiger partial charge in [0.2, 0.25) is 5.91 Å². The second kappa shape index (κ2) is 10.5. The van der Waals surface area contributed by atoms with E-state index in [1.807, 2.05) is 36.4 Å². The summed E-state index contributed by atoms with van der Waals surface area (Å²) in [4.78, 5) is 38.9. The molecule has 2 N–H and O–H groups in total. The quantitative estimate of drug-likeness (QED) is 0.598. The Bertz CT molecular complexity index is 1050. The zero-order valence-corrected chi connectivity index (χ0v) is 20.2. The van der Waals surface area contributed by atoms with Crippen LogP contribution in [-0.4, -0.2) is 67.4 Å². The summed E-state index contributed by atoms with van der Waals surface area (Å²) in [5, 5.41) is 12.3. The van der Waals surface area contributed by atoms with Gasteiger partial charge in [-0.3, -0.25) is 9.59 Å². The van der Waals surface area contributed by atoms with Crippen molar-refractivity contribution in [1.29, 1.82) is 0 Å². The van der Waals surface area contributed by atoms with Crippen molar-refractivity contribution >= 4 is 18.0 Å². The normalized spacial score (nSPS) is 17.3. The van der Waals surface area contributed by atoms with Crippen LogP contribution in [0.2, 0.25) is 0 Å². The molecule has 1 fully saturated rings. The predicted octanol–water partition coefficient (Wildman–Crippen LogP) is 3.64. The Hall–Kier alpha value is -3.39. The highest BCUT2D eigenvalue weighted by atomic mass is 16.5. The molecule has 0 bridgehead atoms. The van der Waals surface area contributed by atoms with Crippen molar-refractivity contribution in [1.82, 2.24) is 10.2 Å². The lowest BCUT2D eigenvalue weighted by Crippen LogP contribution is -2.52. The molecule has 2 aliphatic rings. The van der Waals surface area contributed by atoms with E-state index in [-0.39, 0.29) is 18.4 Å². The molecule has 2 aromatic carbocycles. The second-order valence-corrected chi connectivity index (χ2v) is 9.35. The number of aliphatic carboxylic acids is 1. The summed E-state index contributed by atoms with van der Waals surface area (Å²) in [6.07, 6.45) is 0.475. The van der Waals surface area contributed by atoms with Crippen molar-refractivity contribution in [3.63, 3.8) is 0 Å². The molecule has 0 spiro atoms. The number of hydrogen-bond donors (Lipinski definition) is 2. The number of hydrogen-bond acceptors (Lipinski definition) is 5. The lowest BCUT2D eigenvalue weighted by molar-refractivity contribution is -0.156. The summed E-state index contributed by atoms with van der Waals surface area (Å²) in [5.74, 6) is -1.16. The van der Waals surface area contributed by atoms with Gasteiger partial charge in [0, 0.05) is 32.7 Å². The van der Waals surface area contributed by atoms with Crippen LogP contribution in [-0.2, 0) is 19.1 Å². The van der Waals surface area contributed by atoms with Crippen molar-refractivity contribution in [3.8, 4) is 11.1 Å². The van der Waals surface area contributed by atoms with Crippen molar-refractivity contribution in [3.05, 3.63) is 59.7 Å². The summed E-state index contributed by atoms with van der Waals surface area (Å²) < 4.78 is 10.6. The highest BCUT2D eigenvalue weighted by Crippen LogP contribution is 2.44. The maximum absolute atomic E-state index is 12.9. The number of piperidine rings is 1. The van der Waals surface area contributed by atoms with Gasteiger partial charge in [0.15, 0.2) is 0 Å². The molecule has 2 amide bonds. The van der Waals surface area contributed by atoms with Crippen LogP contribution in [0.4, 0.5) is 4.79 Å². The Balaban J connectivity index is 1.31. The molecular formula is C27H32N2O6. The largest absolute Gasteiger partial charge is 0.481 e. The first kappa shape index (κ1) is 24.7. The molecule has 0 saturated carbocycles. The van der Waals surface area contributed by atoms with Crippen LogP contribution in [0, 0.1) is 5.41 Å². The number of alkyl carbamates (subject to hydrolysis) is 1. The van der Waals surface area contributed by atoms with Gasteiger partial charge < -0.3 is 24.8 Å². The van der Waals surface area contributed by atoms with Gasteiger partial charge >= 0.3 is 12.1 Å². The number of benzene rings is 2. The molecule has 4 rings (SSSR count). The Labute approximate surface area is 205 Å². The number of carboxylic acid groups (broad SMARTS) is 1. The highest BCUT2D eigenvalue weighted by Gasteiger charge is 2.42. The van der Waals surface area contributed by atoms with Gasteiger partial charge in [-0.15, -0.1) is 0 Å². The molecule has 35 heavy (non-hydrogen) atoms. The van der Waals surface area contributed by atoms with Gasteiger partial charge in [-0.05, 0) is 48.4 Å². The van der Waals surface area contributed by atoms with Gasteiger partial charge in [-0.2, -0.15) is 0 Å². The average Bonchev–Trinajstić information content (AvgIpc) is 3.19. The molecule has 1 atom stereocenters. The first-order valence-electron chi connectivity index (χ1n) is 12.0. The molecule has 1 aliphatic heterocycles. The molecule has 8 heteroatoms. The second-order valence-electron chi connectivity index (χ2n) is 9.35. The van der Waals surface area contributed by atoms with Crippen molar-refractivity contribution < 1.29 is 29.0 Å². The molecular weight excluding hydrogens is 448 g/mol. The average molecular weight is 481 g/mol. The van der Waals surface area contributed by atoms with Gasteiger partial charge in [-0.25, -0.2) is 4.79 Å². The summed E-state index contributed by atoms with van der Waals surface area (Å²) in [6, 6.07) is 15.4. The number of carboxylic acids is 1. The summed E-state index contributed by atoms with van der Waals surface area (Å²) in [7, 11) is 1.55. The Morgan fingerprint density at radius 3 is 2.17 bits per heavy atom. The Morgan fingerprint density at radius 1 is 1.06 bits per heavy atom. The highest BCUT2D eigenvalue weighted by molar-refractivity contribution is 5.86. The van der Waals surface area contributed by atoms with Crippen LogP contribution >= 0.6 is 0 Å². The van der Waals surface area contributed by atoms with E-state index in [4.69, 9.17) is 9.47 Å². The van der Waals surface area contributed by atoms with Crippen LogP contribution in [0.5, 0.6) is 0 Å². The van der Waals surface area contributed by atoms with Gasteiger partial charge in [0.05, 0.1) is 5.41 Å². The number of nitrogens with zero attached hydrogens (tertiary/aromatic N) is 1. The number of amides is 2. The molecule has 0 radical (unpaired) electrons. The smallest absolute Gasteiger partial charge is 0.407 e.